The van der Waals surface area contributed by atoms with Gasteiger partial charge in [-0.15, -0.1) is 0 Å². The van der Waals surface area contributed by atoms with Crippen molar-refractivity contribution in [3.8, 4) is 11.8 Å². The Hall–Kier alpha value is -2.55. The summed E-state index contributed by atoms with van der Waals surface area (Å²) in [5.74, 6) is 0.0491. The van der Waals surface area contributed by atoms with E-state index in [1.54, 1.807) is 38.1 Å². The second-order valence-corrected chi connectivity index (χ2v) is 7.16. The summed E-state index contributed by atoms with van der Waals surface area (Å²) in [6.45, 7) is 4.28. The van der Waals surface area contributed by atoms with Gasteiger partial charge in [-0.25, -0.2) is 0 Å². The summed E-state index contributed by atoms with van der Waals surface area (Å²) in [5, 5.41) is 11.9. The molecule has 1 amide bonds. The number of rotatable bonds is 8. The van der Waals surface area contributed by atoms with Gasteiger partial charge in [0.25, 0.3) is 5.91 Å². The number of ether oxygens (including phenoxy) is 2. The van der Waals surface area contributed by atoms with Gasteiger partial charge in [0.15, 0.2) is 6.10 Å². The van der Waals surface area contributed by atoms with Gasteiger partial charge in [0.05, 0.1) is 24.7 Å². The summed E-state index contributed by atoms with van der Waals surface area (Å²) >= 11 is 0. The van der Waals surface area contributed by atoms with E-state index in [2.05, 4.69) is 5.32 Å². The monoisotopic (exact) mass is 372 g/mol. The van der Waals surface area contributed by atoms with Crippen LogP contribution in [0.15, 0.2) is 24.3 Å². The molecule has 1 aliphatic carbocycles. The third-order valence-electron chi connectivity index (χ3n) is 5.02. The highest BCUT2D eigenvalue weighted by molar-refractivity contribution is 5.81. The Morgan fingerprint density at radius 2 is 2.04 bits per heavy atom. The van der Waals surface area contributed by atoms with Crippen molar-refractivity contribution < 1.29 is 19.1 Å². The average molecular weight is 372 g/mol. The van der Waals surface area contributed by atoms with Gasteiger partial charge in [-0.2, -0.15) is 5.26 Å². The van der Waals surface area contributed by atoms with Gasteiger partial charge < -0.3 is 14.8 Å². The number of carbonyl (C=O) groups is 2. The number of nitrogens with zero attached hydrogens (tertiary/aromatic N) is 1. The van der Waals surface area contributed by atoms with Crippen molar-refractivity contribution in [3.05, 3.63) is 29.8 Å². The number of carbonyl (C=O) groups excluding carboxylic acids is 2. The zero-order valence-electron chi connectivity index (χ0n) is 16.1. The standard InChI is InChI=1S/C21H28N2O4/c1-3-26-19(24)13-21(10-5-4-6-11-21)15-23-20(25)16(2)27-18-9-7-8-17(12-18)14-22/h7-9,12,16H,3-6,10-11,13,15H2,1-2H3,(H,23,25). The average Bonchev–Trinajstić information content (AvgIpc) is 2.67. The minimum atomic E-state index is -0.692. The molecule has 1 fully saturated rings. The van der Waals surface area contributed by atoms with E-state index in [1.807, 2.05) is 6.07 Å². The zero-order chi connectivity index (χ0) is 19.7. The smallest absolute Gasteiger partial charge is 0.306 e. The fourth-order valence-corrected chi connectivity index (χ4v) is 3.55. The molecule has 0 saturated heterocycles. The number of hydrogen-bond acceptors (Lipinski definition) is 5. The fourth-order valence-electron chi connectivity index (χ4n) is 3.55. The topological polar surface area (TPSA) is 88.4 Å². The molecule has 1 N–H and O–H groups in total. The summed E-state index contributed by atoms with van der Waals surface area (Å²) < 4.78 is 10.8. The minimum Gasteiger partial charge on any atom is -0.481 e. The third-order valence-corrected chi connectivity index (χ3v) is 5.02. The highest BCUT2D eigenvalue weighted by Crippen LogP contribution is 2.39. The van der Waals surface area contributed by atoms with Crippen molar-refractivity contribution in [2.45, 2.75) is 58.5 Å². The lowest BCUT2D eigenvalue weighted by Crippen LogP contribution is -2.44. The highest BCUT2D eigenvalue weighted by atomic mass is 16.5. The Kier molecular flexibility index (Phi) is 7.66. The molecule has 1 aromatic carbocycles. The Labute approximate surface area is 160 Å². The lowest BCUT2D eigenvalue weighted by atomic mass is 9.71. The van der Waals surface area contributed by atoms with Crippen LogP contribution in [0.4, 0.5) is 0 Å². The predicted molar refractivity (Wildman–Crippen MR) is 101 cm³/mol. The van der Waals surface area contributed by atoms with Crippen LogP contribution in [0, 0.1) is 16.7 Å². The first-order valence-corrected chi connectivity index (χ1v) is 9.58. The Balaban J connectivity index is 1.93. The van der Waals surface area contributed by atoms with Crippen LogP contribution in [-0.2, 0) is 14.3 Å². The summed E-state index contributed by atoms with van der Waals surface area (Å²) in [6, 6.07) is 8.77. The Bertz CT molecular complexity index is 690. The Morgan fingerprint density at radius 1 is 1.30 bits per heavy atom. The first-order chi connectivity index (χ1) is 13.0. The SMILES string of the molecule is CCOC(=O)CC1(CNC(=O)C(C)Oc2cccc(C#N)c2)CCCCC1. The van der Waals surface area contributed by atoms with Crippen molar-refractivity contribution in [1.82, 2.24) is 5.32 Å². The van der Waals surface area contributed by atoms with Crippen LogP contribution in [-0.4, -0.2) is 31.1 Å². The molecule has 0 spiro atoms. The zero-order valence-corrected chi connectivity index (χ0v) is 16.1. The van der Waals surface area contributed by atoms with Crippen LogP contribution in [0.1, 0.15) is 57.9 Å². The van der Waals surface area contributed by atoms with Crippen LogP contribution in [0.2, 0.25) is 0 Å². The molecule has 1 saturated carbocycles. The molecule has 0 aliphatic heterocycles. The molecule has 27 heavy (non-hydrogen) atoms. The van der Waals surface area contributed by atoms with Crippen LogP contribution in [0.25, 0.3) is 0 Å². The molecular weight excluding hydrogens is 344 g/mol. The molecule has 1 atom stereocenters. The van der Waals surface area contributed by atoms with E-state index >= 15 is 0 Å². The maximum absolute atomic E-state index is 12.5. The second kappa shape index (κ2) is 9.96. The van der Waals surface area contributed by atoms with Gasteiger partial charge in [-0.1, -0.05) is 25.3 Å². The number of esters is 1. The van der Waals surface area contributed by atoms with Gasteiger partial charge in [-0.3, -0.25) is 9.59 Å². The fraction of sp³-hybridized carbons (Fsp3) is 0.571. The number of nitriles is 1. The van der Waals surface area contributed by atoms with E-state index in [-0.39, 0.29) is 17.3 Å². The Morgan fingerprint density at radius 3 is 2.70 bits per heavy atom. The molecule has 0 heterocycles. The van der Waals surface area contributed by atoms with Gasteiger partial charge in [0, 0.05) is 6.54 Å². The van der Waals surface area contributed by atoms with E-state index in [4.69, 9.17) is 14.7 Å². The molecule has 1 aromatic rings. The quantitative estimate of drug-likeness (QED) is 0.707. The number of hydrogen-bond donors (Lipinski definition) is 1. The van der Waals surface area contributed by atoms with Crippen molar-refractivity contribution in [1.29, 1.82) is 5.26 Å². The van der Waals surface area contributed by atoms with E-state index in [0.717, 1.165) is 32.1 Å². The normalized spacial score (nSPS) is 16.6. The lowest BCUT2D eigenvalue weighted by Gasteiger charge is -2.37. The maximum Gasteiger partial charge on any atom is 0.306 e. The van der Waals surface area contributed by atoms with Crippen molar-refractivity contribution in [2.24, 2.45) is 5.41 Å². The molecule has 2 rings (SSSR count). The first-order valence-electron chi connectivity index (χ1n) is 9.58. The summed E-state index contributed by atoms with van der Waals surface area (Å²) in [4.78, 5) is 24.5. The molecule has 0 radical (unpaired) electrons. The molecule has 146 valence electrons. The van der Waals surface area contributed by atoms with Crippen LogP contribution in [0.5, 0.6) is 5.75 Å². The minimum absolute atomic E-state index is 0.203. The van der Waals surface area contributed by atoms with Gasteiger partial charge >= 0.3 is 5.97 Å². The number of benzene rings is 1. The van der Waals surface area contributed by atoms with E-state index < -0.39 is 6.10 Å². The second-order valence-electron chi connectivity index (χ2n) is 7.16. The van der Waals surface area contributed by atoms with Crippen molar-refractivity contribution in [3.63, 3.8) is 0 Å². The maximum atomic E-state index is 12.5. The van der Waals surface area contributed by atoms with Gasteiger partial charge in [0.1, 0.15) is 5.75 Å². The lowest BCUT2D eigenvalue weighted by molar-refractivity contribution is -0.147. The molecule has 0 bridgehead atoms. The van der Waals surface area contributed by atoms with Gasteiger partial charge in [0.2, 0.25) is 0 Å². The largest absolute Gasteiger partial charge is 0.481 e. The molecular formula is C21H28N2O4. The first kappa shape index (κ1) is 20.8. The van der Waals surface area contributed by atoms with E-state index in [9.17, 15) is 9.59 Å². The predicted octanol–water partition coefficient (Wildman–Crippen LogP) is 3.35. The van der Waals surface area contributed by atoms with Crippen molar-refractivity contribution >= 4 is 11.9 Å². The summed E-state index contributed by atoms with van der Waals surface area (Å²) in [6.07, 6.45) is 4.73. The summed E-state index contributed by atoms with van der Waals surface area (Å²) in [7, 11) is 0. The molecule has 6 heteroatoms. The van der Waals surface area contributed by atoms with E-state index in [0.29, 0.717) is 30.9 Å². The third kappa shape index (κ3) is 6.28. The number of amides is 1. The van der Waals surface area contributed by atoms with Gasteiger partial charge in [-0.05, 0) is 50.3 Å². The van der Waals surface area contributed by atoms with E-state index in [1.165, 1.54) is 0 Å². The van der Waals surface area contributed by atoms with Crippen LogP contribution >= 0.6 is 0 Å². The molecule has 1 unspecified atom stereocenters. The number of nitrogens with one attached hydrogen (secondary N) is 1. The molecule has 6 nitrogen and oxygen atoms in total. The van der Waals surface area contributed by atoms with Crippen LogP contribution in [0.3, 0.4) is 0 Å². The molecule has 1 aliphatic rings. The van der Waals surface area contributed by atoms with Crippen molar-refractivity contribution in [2.75, 3.05) is 13.2 Å². The highest BCUT2D eigenvalue weighted by Gasteiger charge is 2.35. The summed E-state index contributed by atoms with van der Waals surface area (Å²) in [5.41, 5.74) is 0.247. The molecule has 0 aromatic heterocycles. The van der Waals surface area contributed by atoms with Crippen LogP contribution < -0.4 is 10.1 Å².